The molecule has 0 bridgehead atoms. The molecule has 1 aliphatic rings. The van der Waals surface area contributed by atoms with E-state index in [2.05, 4.69) is 42.5 Å². The van der Waals surface area contributed by atoms with E-state index in [1.165, 1.54) is 35.2 Å². The second kappa shape index (κ2) is 7.61. The highest BCUT2D eigenvalue weighted by Crippen LogP contribution is 2.40. The summed E-state index contributed by atoms with van der Waals surface area (Å²) in [5, 5.41) is 9.79. The number of hydrogen-bond donors (Lipinski definition) is 1. The summed E-state index contributed by atoms with van der Waals surface area (Å²) in [5.41, 5.74) is 7.01. The van der Waals surface area contributed by atoms with Crippen LogP contribution in [-0.2, 0) is 12.8 Å². The van der Waals surface area contributed by atoms with Gasteiger partial charge in [-0.15, -0.1) is 0 Å². The summed E-state index contributed by atoms with van der Waals surface area (Å²) in [6, 6.07) is 20.9. The lowest BCUT2D eigenvalue weighted by Gasteiger charge is -2.10. The highest BCUT2D eigenvalue weighted by Gasteiger charge is 2.25. The Bertz CT molecular complexity index is 900. The SMILES string of the molecule is OCCc1ccc(Cc2cc(-c3cccc(Cl)c3)nc(C3CC3)c2)cc1. The molecule has 3 aromatic rings. The summed E-state index contributed by atoms with van der Waals surface area (Å²) in [4.78, 5) is 4.90. The smallest absolute Gasteiger partial charge is 0.0708 e. The molecule has 4 rings (SSSR count). The van der Waals surface area contributed by atoms with Gasteiger partial charge in [-0.2, -0.15) is 0 Å². The minimum Gasteiger partial charge on any atom is -0.396 e. The van der Waals surface area contributed by atoms with Gasteiger partial charge in [-0.05, 0) is 66.6 Å². The predicted octanol–water partition coefficient (Wildman–Crippen LogP) is 5.41. The number of rotatable bonds is 6. The molecule has 1 saturated carbocycles. The number of halogens is 1. The maximum atomic E-state index is 9.05. The van der Waals surface area contributed by atoms with E-state index in [-0.39, 0.29) is 6.61 Å². The highest BCUT2D eigenvalue weighted by atomic mass is 35.5. The predicted molar refractivity (Wildman–Crippen MR) is 107 cm³/mol. The lowest BCUT2D eigenvalue weighted by Crippen LogP contribution is -1.97. The third kappa shape index (κ3) is 4.14. The first kappa shape index (κ1) is 17.3. The van der Waals surface area contributed by atoms with E-state index in [0.29, 0.717) is 12.3 Å². The molecular weight excluding hydrogens is 342 g/mol. The Morgan fingerprint density at radius 2 is 1.69 bits per heavy atom. The molecule has 1 heterocycles. The van der Waals surface area contributed by atoms with E-state index in [1.807, 2.05) is 18.2 Å². The Morgan fingerprint density at radius 1 is 0.923 bits per heavy atom. The molecule has 1 fully saturated rings. The Kier molecular flexibility index (Phi) is 5.05. The maximum Gasteiger partial charge on any atom is 0.0708 e. The highest BCUT2D eigenvalue weighted by molar-refractivity contribution is 6.30. The van der Waals surface area contributed by atoms with Crippen molar-refractivity contribution in [2.24, 2.45) is 0 Å². The monoisotopic (exact) mass is 363 g/mol. The minimum atomic E-state index is 0.192. The number of pyridine rings is 1. The van der Waals surface area contributed by atoms with Gasteiger partial charge in [0, 0.05) is 28.8 Å². The number of aliphatic hydroxyl groups is 1. The summed E-state index contributed by atoms with van der Waals surface area (Å²) in [7, 11) is 0. The number of hydrogen-bond acceptors (Lipinski definition) is 2. The molecule has 0 radical (unpaired) electrons. The molecule has 2 nitrogen and oxygen atoms in total. The Morgan fingerprint density at radius 3 is 2.38 bits per heavy atom. The number of nitrogens with zero attached hydrogens (tertiary/aromatic N) is 1. The van der Waals surface area contributed by atoms with Gasteiger partial charge in [0.2, 0.25) is 0 Å². The number of aliphatic hydroxyl groups excluding tert-OH is 1. The van der Waals surface area contributed by atoms with Crippen molar-refractivity contribution in [3.8, 4) is 11.3 Å². The molecular formula is C23H22ClNO. The molecule has 0 unspecified atom stereocenters. The zero-order valence-corrected chi connectivity index (χ0v) is 15.4. The molecule has 132 valence electrons. The second-order valence-corrected chi connectivity index (χ2v) is 7.47. The van der Waals surface area contributed by atoms with Crippen LogP contribution >= 0.6 is 11.6 Å². The molecule has 1 N–H and O–H groups in total. The van der Waals surface area contributed by atoms with Crippen LogP contribution in [0.2, 0.25) is 5.02 Å². The Balaban J connectivity index is 1.64. The van der Waals surface area contributed by atoms with Gasteiger partial charge < -0.3 is 5.11 Å². The van der Waals surface area contributed by atoms with Gasteiger partial charge in [0.15, 0.2) is 0 Å². The Hall–Kier alpha value is -2.16. The molecule has 0 amide bonds. The van der Waals surface area contributed by atoms with Gasteiger partial charge in [-0.25, -0.2) is 0 Å². The third-order valence-electron chi connectivity index (χ3n) is 4.85. The molecule has 0 atom stereocenters. The summed E-state index contributed by atoms with van der Waals surface area (Å²) in [6.07, 6.45) is 4.07. The maximum absolute atomic E-state index is 9.05. The largest absolute Gasteiger partial charge is 0.396 e. The molecule has 1 aliphatic carbocycles. The quantitative estimate of drug-likeness (QED) is 0.635. The molecule has 0 saturated heterocycles. The summed E-state index contributed by atoms with van der Waals surface area (Å²) >= 11 is 6.17. The molecule has 1 aromatic heterocycles. The summed E-state index contributed by atoms with van der Waals surface area (Å²) in [5.74, 6) is 0.611. The molecule has 26 heavy (non-hydrogen) atoms. The molecule has 0 spiro atoms. The first-order valence-corrected chi connectivity index (χ1v) is 9.54. The van der Waals surface area contributed by atoms with E-state index in [4.69, 9.17) is 21.7 Å². The average Bonchev–Trinajstić information content (AvgIpc) is 3.49. The van der Waals surface area contributed by atoms with Crippen molar-refractivity contribution in [2.75, 3.05) is 6.61 Å². The molecule has 2 aromatic carbocycles. The first-order valence-electron chi connectivity index (χ1n) is 9.17. The van der Waals surface area contributed by atoms with Gasteiger partial charge in [-0.3, -0.25) is 4.98 Å². The van der Waals surface area contributed by atoms with Gasteiger partial charge in [0.05, 0.1) is 5.69 Å². The van der Waals surface area contributed by atoms with Crippen LogP contribution in [-0.4, -0.2) is 16.7 Å². The van der Waals surface area contributed by atoms with E-state index < -0.39 is 0 Å². The van der Waals surface area contributed by atoms with E-state index in [0.717, 1.165) is 22.7 Å². The Labute approximate surface area is 159 Å². The van der Waals surface area contributed by atoms with Gasteiger partial charge in [0.25, 0.3) is 0 Å². The van der Waals surface area contributed by atoms with E-state index >= 15 is 0 Å². The summed E-state index contributed by atoms with van der Waals surface area (Å²) < 4.78 is 0. The van der Waals surface area contributed by atoms with Crippen LogP contribution in [0.15, 0.2) is 60.7 Å². The van der Waals surface area contributed by atoms with Crippen LogP contribution in [0.5, 0.6) is 0 Å². The van der Waals surface area contributed by atoms with Crippen molar-refractivity contribution in [3.05, 3.63) is 88.1 Å². The van der Waals surface area contributed by atoms with Crippen molar-refractivity contribution >= 4 is 11.6 Å². The van der Waals surface area contributed by atoms with Gasteiger partial charge in [-0.1, -0.05) is 48.0 Å². The van der Waals surface area contributed by atoms with E-state index in [1.54, 1.807) is 0 Å². The van der Waals surface area contributed by atoms with Crippen LogP contribution in [0.4, 0.5) is 0 Å². The normalized spacial score (nSPS) is 13.8. The van der Waals surface area contributed by atoms with Gasteiger partial charge in [0.1, 0.15) is 0 Å². The molecule has 3 heteroatoms. The number of aromatic nitrogens is 1. The van der Waals surface area contributed by atoms with Crippen molar-refractivity contribution in [1.29, 1.82) is 0 Å². The van der Waals surface area contributed by atoms with Crippen molar-refractivity contribution < 1.29 is 5.11 Å². The van der Waals surface area contributed by atoms with Crippen LogP contribution in [0.3, 0.4) is 0 Å². The lowest BCUT2D eigenvalue weighted by molar-refractivity contribution is 0.299. The van der Waals surface area contributed by atoms with Crippen LogP contribution in [0.25, 0.3) is 11.3 Å². The summed E-state index contributed by atoms with van der Waals surface area (Å²) in [6.45, 7) is 0.192. The standard InChI is InChI=1S/C23H22ClNO/c24-21-3-1-2-20(15-21)23-14-18(13-22(25-23)19-8-9-19)12-17-6-4-16(5-7-17)10-11-26/h1-7,13-15,19,26H,8-12H2. The van der Waals surface area contributed by atoms with Crippen molar-refractivity contribution in [2.45, 2.75) is 31.6 Å². The van der Waals surface area contributed by atoms with Gasteiger partial charge >= 0.3 is 0 Å². The first-order chi connectivity index (χ1) is 12.7. The van der Waals surface area contributed by atoms with Crippen LogP contribution in [0, 0.1) is 0 Å². The third-order valence-corrected chi connectivity index (χ3v) is 5.09. The van der Waals surface area contributed by atoms with Crippen LogP contribution < -0.4 is 0 Å². The minimum absolute atomic E-state index is 0.192. The fourth-order valence-corrected chi connectivity index (χ4v) is 3.48. The zero-order chi connectivity index (χ0) is 17.9. The topological polar surface area (TPSA) is 33.1 Å². The fourth-order valence-electron chi connectivity index (χ4n) is 3.29. The lowest BCUT2D eigenvalue weighted by atomic mass is 10.00. The van der Waals surface area contributed by atoms with Crippen molar-refractivity contribution in [1.82, 2.24) is 4.98 Å². The van der Waals surface area contributed by atoms with Crippen molar-refractivity contribution in [3.63, 3.8) is 0 Å². The zero-order valence-electron chi connectivity index (χ0n) is 14.7. The molecule has 0 aliphatic heterocycles. The second-order valence-electron chi connectivity index (χ2n) is 7.04. The van der Waals surface area contributed by atoms with Crippen LogP contribution in [0.1, 0.15) is 41.1 Å². The fraction of sp³-hybridized carbons (Fsp3) is 0.261. The average molecular weight is 364 g/mol. The number of benzene rings is 2. The van der Waals surface area contributed by atoms with E-state index in [9.17, 15) is 0 Å².